The third-order valence-corrected chi connectivity index (χ3v) is 3.37. The molecule has 4 heteroatoms. The molecular formula is C13H21N3O. The normalized spacial score (nSPS) is 19.4. The summed E-state index contributed by atoms with van der Waals surface area (Å²) in [6, 6.07) is 5.66. The lowest BCUT2D eigenvalue weighted by molar-refractivity contribution is 0.312. The molecular weight excluding hydrogens is 214 g/mol. The molecule has 0 aliphatic carbocycles. The molecule has 0 spiro atoms. The van der Waals surface area contributed by atoms with Gasteiger partial charge < -0.3 is 20.6 Å². The van der Waals surface area contributed by atoms with Crippen LogP contribution >= 0.6 is 0 Å². The number of hydrogen-bond acceptors (Lipinski definition) is 4. The lowest BCUT2D eigenvalue weighted by Gasteiger charge is -2.34. The summed E-state index contributed by atoms with van der Waals surface area (Å²) in [5.41, 5.74) is 7.67. The molecule has 0 radical (unpaired) electrons. The highest BCUT2D eigenvalue weighted by atomic mass is 16.3. The van der Waals surface area contributed by atoms with Crippen molar-refractivity contribution < 1.29 is 5.11 Å². The van der Waals surface area contributed by atoms with Gasteiger partial charge in [-0.05, 0) is 20.0 Å². The van der Waals surface area contributed by atoms with Gasteiger partial charge in [-0.25, -0.2) is 0 Å². The Bertz CT molecular complexity index is 384. The number of rotatable bonds is 2. The van der Waals surface area contributed by atoms with Crippen molar-refractivity contribution >= 4 is 5.69 Å². The summed E-state index contributed by atoms with van der Waals surface area (Å²) in [5, 5.41) is 9.93. The van der Waals surface area contributed by atoms with Crippen LogP contribution in [0.4, 0.5) is 5.69 Å². The Balaban J connectivity index is 2.14. The zero-order valence-electron chi connectivity index (χ0n) is 10.6. The number of nitrogens with zero attached hydrogens (tertiary/aromatic N) is 2. The summed E-state index contributed by atoms with van der Waals surface area (Å²) in [4.78, 5) is 4.61. The Morgan fingerprint density at radius 2 is 1.88 bits per heavy atom. The molecule has 1 heterocycles. The molecule has 4 nitrogen and oxygen atoms in total. The third kappa shape index (κ3) is 2.70. The summed E-state index contributed by atoms with van der Waals surface area (Å²) < 4.78 is 0. The highest BCUT2D eigenvalue weighted by Crippen LogP contribution is 2.28. The number of likely N-dealkylation sites (N-methyl/N-ethyl adjacent to an activating group) is 1. The van der Waals surface area contributed by atoms with Gasteiger partial charge in [0.2, 0.25) is 0 Å². The Morgan fingerprint density at radius 1 is 1.24 bits per heavy atom. The fraction of sp³-hybridized carbons (Fsp3) is 0.538. The predicted molar refractivity (Wildman–Crippen MR) is 70.4 cm³/mol. The number of piperazine rings is 1. The number of hydrogen-bond donors (Lipinski definition) is 2. The largest absolute Gasteiger partial charge is 0.508 e. The smallest absolute Gasteiger partial charge is 0.122 e. The van der Waals surface area contributed by atoms with E-state index in [1.165, 1.54) is 0 Å². The van der Waals surface area contributed by atoms with Gasteiger partial charge in [-0.15, -0.1) is 0 Å². The van der Waals surface area contributed by atoms with Gasteiger partial charge in [-0.3, -0.25) is 0 Å². The minimum Gasteiger partial charge on any atom is -0.508 e. The molecule has 0 bridgehead atoms. The van der Waals surface area contributed by atoms with Crippen LogP contribution in [0.1, 0.15) is 18.5 Å². The van der Waals surface area contributed by atoms with Gasteiger partial charge >= 0.3 is 0 Å². The number of benzene rings is 1. The van der Waals surface area contributed by atoms with E-state index in [0.29, 0.717) is 5.75 Å². The topological polar surface area (TPSA) is 52.7 Å². The first-order chi connectivity index (χ1) is 8.08. The molecule has 1 saturated heterocycles. The lowest BCUT2D eigenvalue weighted by Crippen LogP contribution is -2.44. The van der Waals surface area contributed by atoms with Crippen molar-refractivity contribution in [2.45, 2.75) is 13.0 Å². The highest BCUT2D eigenvalue weighted by molar-refractivity contribution is 5.54. The Hall–Kier alpha value is -1.26. The number of phenolic OH excluding ortho intramolecular Hbond substituents is 1. The van der Waals surface area contributed by atoms with Crippen LogP contribution in [0, 0.1) is 0 Å². The summed E-state index contributed by atoms with van der Waals surface area (Å²) in [5.74, 6) is 0.302. The fourth-order valence-corrected chi connectivity index (χ4v) is 2.18. The molecule has 0 amide bonds. The van der Waals surface area contributed by atoms with Crippen LogP contribution in [0.5, 0.6) is 5.75 Å². The van der Waals surface area contributed by atoms with Crippen LogP contribution in [0.2, 0.25) is 0 Å². The van der Waals surface area contributed by atoms with Crippen molar-refractivity contribution in [3.63, 3.8) is 0 Å². The lowest BCUT2D eigenvalue weighted by atomic mass is 10.1. The standard InChI is InChI=1S/C13H21N3O/c1-10(14)12-4-3-11(9-13(12)17)16-7-5-15(2)6-8-16/h3-4,9-10,17H,5-8,14H2,1-2H3. The molecule has 1 aliphatic heterocycles. The zero-order valence-corrected chi connectivity index (χ0v) is 10.6. The second-order valence-electron chi connectivity index (χ2n) is 4.82. The van der Waals surface area contributed by atoms with Gasteiger partial charge in [0.1, 0.15) is 5.75 Å². The molecule has 1 unspecified atom stereocenters. The molecule has 94 valence electrons. The molecule has 3 N–H and O–H groups in total. The van der Waals surface area contributed by atoms with E-state index < -0.39 is 0 Å². The van der Waals surface area contributed by atoms with E-state index in [1.807, 2.05) is 25.1 Å². The Kier molecular flexibility index (Phi) is 3.54. The molecule has 1 aromatic carbocycles. The first-order valence-electron chi connectivity index (χ1n) is 6.10. The van der Waals surface area contributed by atoms with E-state index in [9.17, 15) is 5.11 Å². The van der Waals surface area contributed by atoms with Gasteiger partial charge in [-0.1, -0.05) is 6.07 Å². The summed E-state index contributed by atoms with van der Waals surface area (Å²) in [6.45, 7) is 6.02. The predicted octanol–water partition coefficient (Wildman–Crippen LogP) is 1.16. The van der Waals surface area contributed by atoms with Gasteiger partial charge in [-0.2, -0.15) is 0 Å². The highest BCUT2D eigenvalue weighted by Gasteiger charge is 2.15. The minimum atomic E-state index is -0.128. The van der Waals surface area contributed by atoms with Crippen molar-refractivity contribution in [1.82, 2.24) is 4.90 Å². The van der Waals surface area contributed by atoms with Crippen molar-refractivity contribution in [2.75, 3.05) is 38.1 Å². The Labute approximate surface area is 103 Å². The first-order valence-corrected chi connectivity index (χ1v) is 6.10. The van der Waals surface area contributed by atoms with E-state index in [2.05, 4.69) is 16.8 Å². The molecule has 1 aromatic rings. The van der Waals surface area contributed by atoms with E-state index in [1.54, 1.807) is 0 Å². The third-order valence-electron chi connectivity index (χ3n) is 3.37. The summed E-state index contributed by atoms with van der Waals surface area (Å²) in [7, 11) is 2.13. The van der Waals surface area contributed by atoms with Gasteiger partial charge in [0.15, 0.2) is 0 Å². The fourth-order valence-electron chi connectivity index (χ4n) is 2.18. The summed E-state index contributed by atoms with van der Waals surface area (Å²) >= 11 is 0. The number of phenols is 1. The molecule has 2 rings (SSSR count). The van der Waals surface area contributed by atoms with E-state index in [-0.39, 0.29) is 6.04 Å². The molecule has 0 aromatic heterocycles. The van der Waals surface area contributed by atoms with E-state index in [0.717, 1.165) is 37.4 Å². The zero-order chi connectivity index (χ0) is 12.4. The van der Waals surface area contributed by atoms with E-state index >= 15 is 0 Å². The molecule has 0 saturated carbocycles. The second-order valence-corrected chi connectivity index (χ2v) is 4.82. The number of aromatic hydroxyl groups is 1. The van der Waals surface area contributed by atoms with Crippen LogP contribution in [0.25, 0.3) is 0 Å². The van der Waals surface area contributed by atoms with Crippen LogP contribution in [-0.4, -0.2) is 43.2 Å². The van der Waals surface area contributed by atoms with Gasteiger partial charge in [0.25, 0.3) is 0 Å². The average molecular weight is 235 g/mol. The molecule has 1 fully saturated rings. The van der Waals surface area contributed by atoms with Gasteiger partial charge in [0.05, 0.1) is 0 Å². The molecule has 1 aliphatic rings. The first kappa shape index (κ1) is 12.2. The van der Waals surface area contributed by atoms with E-state index in [4.69, 9.17) is 5.73 Å². The van der Waals surface area contributed by atoms with Crippen molar-refractivity contribution in [2.24, 2.45) is 5.73 Å². The minimum absolute atomic E-state index is 0.128. The second kappa shape index (κ2) is 4.94. The van der Waals surface area contributed by atoms with Crippen molar-refractivity contribution in [3.05, 3.63) is 23.8 Å². The molecule has 17 heavy (non-hydrogen) atoms. The SMILES string of the molecule is CC(N)c1ccc(N2CCN(C)CC2)cc1O. The van der Waals surface area contributed by atoms with Crippen LogP contribution in [0.15, 0.2) is 18.2 Å². The Morgan fingerprint density at radius 3 is 2.41 bits per heavy atom. The van der Waals surface area contributed by atoms with Gasteiger partial charge in [0, 0.05) is 49.5 Å². The van der Waals surface area contributed by atoms with Crippen molar-refractivity contribution in [3.8, 4) is 5.75 Å². The number of anilines is 1. The maximum atomic E-state index is 9.93. The summed E-state index contributed by atoms with van der Waals surface area (Å²) in [6.07, 6.45) is 0. The van der Waals surface area contributed by atoms with Crippen molar-refractivity contribution in [1.29, 1.82) is 0 Å². The monoisotopic (exact) mass is 235 g/mol. The average Bonchev–Trinajstić information content (AvgIpc) is 2.29. The van der Waals surface area contributed by atoms with Crippen LogP contribution in [0.3, 0.4) is 0 Å². The quantitative estimate of drug-likeness (QED) is 0.808. The maximum Gasteiger partial charge on any atom is 0.122 e. The molecule has 1 atom stereocenters. The van der Waals surface area contributed by atoms with Crippen LogP contribution < -0.4 is 10.6 Å². The van der Waals surface area contributed by atoms with Crippen LogP contribution in [-0.2, 0) is 0 Å². The maximum absolute atomic E-state index is 9.93. The number of nitrogens with two attached hydrogens (primary N) is 1.